The SMILES string of the molecule is CN1c2ccccc2Oc2cc(N)c(C(C)(C)O)cc21. The Morgan fingerprint density at radius 1 is 1.10 bits per heavy atom. The van der Waals surface area contributed by atoms with Crippen LogP contribution in [0, 0.1) is 0 Å². The van der Waals surface area contributed by atoms with Gasteiger partial charge in [0.05, 0.1) is 17.0 Å². The smallest absolute Gasteiger partial charge is 0.153 e. The maximum Gasteiger partial charge on any atom is 0.153 e. The summed E-state index contributed by atoms with van der Waals surface area (Å²) in [5.41, 5.74) is 8.17. The standard InChI is InChI=1S/C16H18N2O2/c1-16(2,19)10-8-13-15(9-11(10)17)20-14-7-5-4-6-12(14)18(13)3/h4-9,19H,17H2,1-3H3. The largest absolute Gasteiger partial charge is 0.453 e. The number of hydrogen-bond acceptors (Lipinski definition) is 4. The zero-order valence-electron chi connectivity index (χ0n) is 11.8. The molecule has 1 heterocycles. The summed E-state index contributed by atoms with van der Waals surface area (Å²) < 4.78 is 5.89. The lowest BCUT2D eigenvalue weighted by molar-refractivity contribution is 0.0794. The number of hydrogen-bond donors (Lipinski definition) is 2. The van der Waals surface area contributed by atoms with Gasteiger partial charge < -0.3 is 20.5 Å². The Bertz CT molecular complexity index is 675. The van der Waals surface area contributed by atoms with E-state index in [9.17, 15) is 5.11 Å². The molecule has 0 aliphatic carbocycles. The highest BCUT2D eigenvalue weighted by Gasteiger charge is 2.26. The molecule has 104 valence electrons. The molecule has 0 fully saturated rings. The zero-order chi connectivity index (χ0) is 14.5. The predicted molar refractivity (Wildman–Crippen MR) is 80.7 cm³/mol. The number of ether oxygens (including phenoxy) is 1. The molecule has 1 aliphatic heterocycles. The minimum Gasteiger partial charge on any atom is -0.453 e. The van der Waals surface area contributed by atoms with Crippen molar-refractivity contribution < 1.29 is 9.84 Å². The first kappa shape index (κ1) is 12.8. The molecule has 0 atom stereocenters. The maximum absolute atomic E-state index is 10.2. The normalized spacial score (nSPS) is 13.5. The number of nitrogens with two attached hydrogens (primary N) is 1. The molecule has 3 N–H and O–H groups in total. The van der Waals surface area contributed by atoms with Gasteiger partial charge in [0.1, 0.15) is 0 Å². The molecule has 0 bridgehead atoms. The van der Waals surface area contributed by atoms with Crippen molar-refractivity contribution >= 4 is 17.1 Å². The molecule has 2 aromatic rings. The summed E-state index contributed by atoms with van der Waals surface area (Å²) in [4.78, 5) is 2.04. The van der Waals surface area contributed by atoms with Crippen LogP contribution in [0.25, 0.3) is 0 Å². The van der Waals surface area contributed by atoms with Gasteiger partial charge >= 0.3 is 0 Å². The van der Waals surface area contributed by atoms with Crippen molar-refractivity contribution in [3.63, 3.8) is 0 Å². The van der Waals surface area contributed by atoms with Crippen LogP contribution in [0.1, 0.15) is 19.4 Å². The average Bonchev–Trinajstić information content (AvgIpc) is 2.37. The number of para-hydroxylation sites is 2. The first-order valence-corrected chi connectivity index (χ1v) is 6.55. The predicted octanol–water partition coefficient (Wildman–Crippen LogP) is 3.37. The van der Waals surface area contributed by atoms with E-state index in [-0.39, 0.29) is 0 Å². The number of fused-ring (bicyclic) bond motifs is 2. The van der Waals surface area contributed by atoms with E-state index in [1.165, 1.54) is 0 Å². The van der Waals surface area contributed by atoms with Gasteiger partial charge in [-0.15, -0.1) is 0 Å². The fraction of sp³-hybridized carbons (Fsp3) is 0.250. The minimum absolute atomic E-state index is 0.532. The summed E-state index contributed by atoms with van der Waals surface area (Å²) >= 11 is 0. The van der Waals surface area contributed by atoms with Crippen molar-refractivity contribution in [2.45, 2.75) is 19.4 Å². The molecule has 0 spiro atoms. The third-order valence-corrected chi connectivity index (χ3v) is 3.60. The molecule has 20 heavy (non-hydrogen) atoms. The van der Waals surface area contributed by atoms with Crippen LogP contribution in [0.15, 0.2) is 36.4 Å². The van der Waals surface area contributed by atoms with Crippen LogP contribution in [0.5, 0.6) is 11.5 Å². The van der Waals surface area contributed by atoms with E-state index in [4.69, 9.17) is 10.5 Å². The van der Waals surface area contributed by atoms with Gasteiger partial charge in [-0.1, -0.05) is 12.1 Å². The molecule has 3 rings (SSSR count). The summed E-state index contributed by atoms with van der Waals surface area (Å²) in [5, 5.41) is 10.2. The van der Waals surface area contributed by atoms with Crippen LogP contribution < -0.4 is 15.4 Å². The Morgan fingerprint density at radius 3 is 2.50 bits per heavy atom. The molecule has 0 unspecified atom stereocenters. The third-order valence-electron chi connectivity index (χ3n) is 3.60. The average molecular weight is 270 g/mol. The summed E-state index contributed by atoms with van der Waals surface area (Å²) in [6.07, 6.45) is 0. The molecule has 0 amide bonds. The van der Waals surface area contributed by atoms with Crippen molar-refractivity contribution in [2.24, 2.45) is 0 Å². The van der Waals surface area contributed by atoms with Crippen molar-refractivity contribution in [1.82, 2.24) is 0 Å². The van der Waals surface area contributed by atoms with Gasteiger partial charge in [0.25, 0.3) is 0 Å². The number of nitrogens with zero attached hydrogens (tertiary/aromatic N) is 1. The van der Waals surface area contributed by atoms with Gasteiger partial charge in [0, 0.05) is 24.4 Å². The van der Waals surface area contributed by atoms with Gasteiger partial charge in [0.15, 0.2) is 11.5 Å². The van der Waals surface area contributed by atoms with Gasteiger partial charge in [0.2, 0.25) is 0 Å². The molecule has 0 radical (unpaired) electrons. The Kier molecular flexibility index (Phi) is 2.66. The van der Waals surface area contributed by atoms with E-state index in [0.29, 0.717) is 17.0 Å². The van der Waals surface area contributed by atoms with E-state index < -0.39 is 5.60 Å². The van der Waals surface area contributed by atoms with E-state index in [1.54, 1.807) is 19.9 Å². The molecule has 2 aromatic carbocycles. The Hall–Kier alpha value is -2.20. The molecule has 0 saturated carbocycles. The molecule has 4 heteroatoms. The van der Waals surface area contributed by atoms with Gasteiger partial charge in [-0.3, -0.25) is 0 Å². The van der Waals surface area contributed by atoms with Crippen LogP contribution in [-0.4, -0.2) is 12.2 Å². The molecule has 4 nitrogen and oxygen atoms in total. The van der Waals surface area contributed by atoms with Crippen LogP contribution in [0.4, 0.5) is 17.1 Å². The lowest BCUT2D eigenvalue weighted by Gasteiger charge is -2.32. The molecular formula is C16H18N2O2. The van der Waals surface area contributed by atoms with Crippen molar-refractivity contribution in [3.8, 4) is 11.5 Å². The van der Waals surface area contributed by atoms with Crippen LogP contribution in [0.2, 0.25) is 0 Å². The topological polar surface area (TPSA) is 58.7 Å². The Morgan fingerprint density at radius 2 is 1.80 bits per heavy atom. The van der Waals surface area contributed by atoms with Gasteiger partial charge in [-0.05, 0) is 32.0 Å². The summed E-state index contributed by atoms with van der Waals surface area (Å²) in [5.74, 6) is 1.51. The highest BCUT2D eigenvalue weighted by Crippen LogP contribution is 2.48. The monoisotopic (exact) mass is 270 g/mol. The molecule has 1 aliphatic rings. The van der Waals surface area contributed by atoms with Crippen molar-refractivity contribution in [1.29, 1.82) is 0 Å². The van der Waals surface area contributed by atoms with Crippen molar-refractivity contribution in [2.75, 3.05) is 17.7 Å². The maximum atomic E-state index is 10.2. The number of rotatable bonds is 1. The lowest BCUT2D eigenvalue weighted by atomic mass is 9.95. The number of benzene rings is 2. The van der Waals surface area contributed by atoms with E-state index in [2.05, 4.69) is 0 Å². The van der Waals surface area contributed by atoms with Crippen molar-refractivity contribution in [3.05, 3.63) is 42.0 Å². The summed E-state index contributed by atoms with van der Waals surface area (Å²) in [6, 6.07) is 11.5. The van der Waals surface area contributed by atoms with E-state index in [0.717, 1.165) is 17.1 Å². The third kappa shape index (κ3) is 1.89. The highest BCUT2D eigenvalue weighted by atomic mass is 16.5. The molecular weight excluding hydrogens is 252 g/mol. The zero-order valence-corrected chi connectivity index (χ0v) is 11.8. The number of aliphatic hydroxyl groups is 1. The first-order chi connectivity index (χ1) is 9.38. The number of anilines is 3. The Labute approximate surface area is 118 Å². The van der Waals surface area contributed by atoms with Gasteiger partial charge in [-0.25, -0.2) is 0 Å². The van der Waals surface area contributed by atoms with Crippen LogP contribution in [-0.2, 0) is 5.60 Å². The summed E-state index contributed by atoms with van der Waals surface area (Å²) in [7, 11) is 1.98. The molecule has 0 saturated heterocycles. The van der Waals surface area contributed by atoms with Gasteiger partial charge in [-0.2, -0.15) is 0 Å². The second kappa shape index (κ2) is 4.15. The number of nitrogen functional groups attached to an aromatic ring is 1. The second-order valence-electron chi connectivity index (χ2n) is 5.60. The van der Waals surface area contributed by atoms with Crippen LogP contribution >= 0.6 is 0 Å². The Balaban J connectivity index is 2.17. The lowest BCUT2D eigenvalue weighted by Crippen LogP contribution is -2.21. The fourth-order valence-electron chi connectivity index (χ4n) is 2.53. The molecule has 0 aromatic heterocycles. The van der Waals surface area contributed by atoms with E-state index >= 15 is 0 Å². The fourth-order valence-corrected chi connectivity index (χ4v) is 2.53. The van der Waals surface area contributed by atoms with E-state index in [1.807, 2.05) is 42.3 Å². The highest BCUT2D eigenvalue weighted by molar-refractivity contribution is 5.80. The quantitative estimate of drug-likeness (QED) is 0.780. The minimum atomic E-state index is -0.989. The summed E-state index contributed by atoms with van der Waals surface area (Å²) in [6.45, 7) is 3.45. The second-order valence-corrected chi connectivity index (χ2v) is 5.60. The van der Waals surface area contributed by atoms with Crippen LogP contribution in [0.3, 0.4) is 0 Å². The first-order valence-electron chi connectivity index (χ1n) is 6.55.